The third kappa shape index (κ3) is 3.23. The molecule has 0 atom stereocenters. The van der Waals surface area contributed by atoms with Gasteiger partial charge in [-0.3, -0.25) is 9.99 Å². The van der Waals surface area contributed by atoms with Gasteiger partial charge in [0.25, 0.3) is 0 Å². The van der Waals surface area contributed by atoms with E-state index in [1.54, 1.807) is 0 Å². The molecule has 0 spiro atoms. The van der Waals surface area contributed by atoms with E-state index in [9.17, 15) is 0 Å². The Balaban J connectivity index is 1.63. The van der Waals surface area contributed by atoms with Gasteiger partial charge in [0, 0.05) is 30.8 Å². The molecule has 4 rings (SSSR count). The molecule has 0 amide bonds. The van der Waals surface area contributed by atoms with Crippen LogP contribution in [-0.4, -0.2) is 28.5 Å². The van der Waals surface area contributed by atoms with Crippen molar-refractivity contribution in [3.05, 3.63) is 48.3 Å². The number of hydrogen-bond acceptors (Lipinski definition) is 6. The molecular weight excluding hydrogens is 310 g/mol. The second-order valence-electron chi connectivity index (χ2n) is 5.57. The van der Waals surface area contributed by atoms with Crippen LogP contribution in [0.15, 0.2) is 42.7 Å². The van der Waals surface area contributed by atoms with Crippen molar-refractivity contribution in [1.29, 1.82) is 0 Å². The number of hydrogen-bond donors (Lipinski definition) is 0. The molecule has 1 aromatic carbocycles. The fourth-order valence-electron chi connectivity index (χ4n) is 2.78. The molecule has 3 heterocycles. The van der Waals surface area contributed by atoms with Crippen LogP contribution in [0.3, 0.4) is 0 Å². The number of rotatable bonds is 4. The number of pyridine rings is 1. The Morgan fingerprint density at radius 2 is 2.13 bits per heavy atom. The highest BCUT2D eigenvalue weighted by Crippen LogP contribution is 2.37. The van der Waals surface area contributed by atoms with Crippen LogP contribution < -0.4 is 14.5 Å². The van der Waals surface area contributed by atoms with E-state index in [1.807, 2.05) is 36.5 Å². The van der Waals surface area contributed by atoms with Crippen LogP contribution in [0.25, 0.3) is 0 Å². The lowest BCUT2D eigenvalue weighted by Gasteiger charge is -2.37. The molecule has 0 saturated carbocycles. The molecule has 120 valence electrons. The fourth-order valence-corrected chi connectivity index (χ4v) is 3.88. The van der Waals surface area contributed by atoms with E-state index in [2.05, 4.69) is 32.6 Å². The van der Waals surface area contributed by atoms with Crippen molar-refractivity contribution in [3.8, 4) is 11.5 Å². The van der Waals surface area contributed by atoms with Crippen molar-refractivity contribution in [3.63, 3.8) is 0 Å². The average Bonchev–Trinajstić information content (AvgIpc) is 3.09. The first-order chi connectivity index (χ1) is 11.4. The summed E-state index contributed by atoms with van der Waals surface area (Å²) in [5, 5.41) is 2.31. The van der Waals surface area contributed by atoms with Gasteiger partial charge in [-0.2, -0.15) is 4.41 Å². The number of benzene rings is 1. The van der Waals surface area contributed by atoms with E-state index in [0.29, 0.717) is 6.79 Å². The van der Waals surface area contributed by atoms with Gasteiger partial charge >= 0.3 is 0 Å². The number of aromatic nitrogens is 1. The monoisotopic (exact) mass is 329 g/mol. The molecule has 2 aliphatic rings. The molecule has 0 unspecified atom stereocenters. The summed E-state index contributed by atoms with van der Waals surface area (Å²) in [4.78, 5) is 4.24. The minimum Gasteiger partial charge on any atom is -0.454 e. The summed E-state index contributed by atoms with van der Waals surface area (Å²) in [6, 6.07) is 10.2. The molecule has 1 saturated heterocycles. The van der Waals surface area contributed by atoms with Gasteiger partial charge in [-0.25, -0.2) is 0 Å². The second-order valence-corrected chi connectivity index (χ2v) is 6.66. The van der Waals surface area contributed by atoms with E-state index in [0.717, 1.165) is 36.0 Å². The smallest absolute Gasteiger partial charge is 0.231 e. The molecule has 23 heavy (non-hydrogen) atoms. The Morgan fingerprint density at radius 1 is 1.17 bits per heavy atom. The Bertz CT molecular complexity index is 662. The number of fused-ring (bicyclic) bond motifs is 1. The van der Waals surface area contributed by atoms with Gasteiger partial charge in [-0.1, -0.05) is 18.0 Å². The molecule has 6 heteroatoms. The van der Waals surface area contributed by atoms with Gasteiger partial charge in [0.15, 0.2) is 11.5 Å². The van der Waals surface area contributed by atoms with E-state index >= 15 is 0 Å². The molecule has 1 aromatic heterocycles. The van der Waals surface area contributed by atoms with E-state index in [1.165, 1.54) is 18.4 Å². The highest BCUT2D eigenvalue weighted by molar-refractivity contribution is 7.97. The van der Waals surface area contributed by atoms with Gasteiger partial charge in [0.2, 0.25) is 6.79 Å². The summed E-state index contributed by atoms with van der Waals surface area (Å²) in [6.45, 7) is 2.15. The molecule has 1 fully saturated rings. The first-order valence-corrected chi connectivity index (χ1v) is 8.81. The maximum atomic E-state index is 5.54. The SMILES string of the molecule is c1cncc(CN(c2ccc3c(c2)OCO3)N2CCCCS2)c1. The Kier molecular flexibility index (Phi) is 4.26. The van der Waals surface area contributed by atoms with Gasteiger partial charge in [-0.15, -0.1) is 0 Å². The molecule has 0 aliphatic carbocycles. The molecule has 0 N–H and O–H groups in total. The third-order valence-electron chi connectivity index (χ3n) is 3.96. The zero-order valence-electron chi connectivity index (χ0n) is 12.9. The third-order valence-corrected chi connectivity index (χ3v) is 5.11. The van der Waals surface area contributed by atoms with Crippen molar-refractivity contribution in [2.45, 2.75) is 19.4 Å². The zero-order valence-corrected chi connectivity index (χ0v) is 13.7. The van der Waals surface area contributed by atoms with Crippen LogP contribution >= 0.6 is 11.9 Å². The maximum absolute atomic E-state index is 5.54. The zero-order chi connectivity index (χ0) is 15.5. The largest absolute Gasteiger partial charge is 0.454 e. The van der Waals surface area contributed by atoms with Crippen molar-refractivity contribution in [1.82, 2.24) is 9.40 Å². The molecule has 0 bridgehead atoms. The summed E-state index contributed by atoms with van der Waals surface area (Å²) in [5.41, 5.74) is 2.31. The first-order valence-electron chi connectivity index (χ1n) is 7.86. The van der Waals surface area contributed by atoms with Crippen LogP contribution in [0.2, 0.25) is 0 Å². The average molecular weight is 329 g/mol. The number of hydrazine groups is 1. The van der Waals surface area contributed by atoms with Crippen molar-refractivity contribution in [2.75, 3.05) is 24.1 Å². The van der Waals surface area contributed by atoms with Crippen LogP contribution in [0.1, 0.15) is 18.4 Å². The molecular formula is C17H19N3O2S. The second kappa shape index (κ2) is 6.68. The van der Waals surface area contributed by atoms with Crippen LogP contribution in [0, 0.1) is 0 Å². The summed E-state index contributed by atoms with van der Waals surface area (Å²) in [6.07, 6.45) is 6.24. The minimum absolute atomic E-state index is 0.305. The van der Waals surface area contributed by atoms with Crippen LogP contribution in [-0.2, 0) is 6.54 Å². The van der Waals surface area contributed by atoms with E-state index in [-0.39, 0.29) is 0 Å². The predicted molar refractivity (Wildman–Crippen MR) is 91.4 cm³/mol. The van der Waals surface area contributed by atoms with Crippen molar-refractivity contribution >= 4 is 17.6 Å². The fraction of sp³-hybridized carbons (Fsp3) is 0.353. The Labute approximate surface area is 140 Å². The summed E-state index contributed by atoms with van der Waals surface area (Å²) < 4.78 is 13.3. The Hall–Kier alpha value is -1.92. The highest BCUT2D eigenvalue weighted by Gasteiger charge is 2.22. The van der Waals surface area contributed by atoms with E-state index in [4.69, 9.17) is 9.47 Å². The lowest BCUT2D eigenvalue weighted by Crippen LogP contribution is -2.40. The first kappa shape index (κ1) is 14.7. The van der Waals surface area contributed by atoms with Gasteiger partial charge in [0.1, 0.15) is 0 Å². The summed E-state index contributed by atoms with van der Waals surface area (Å²) >= 11 is 1.89. The van der Waals surface area contributed by atoms with Gasteiger partial charge in [0.05, 0.1) is 12.2 Å². The maximum Gasteiger partial charge on any atom is 0.231 e. The van der Waals surface area contributed by atoms with Gasteiger partial charge in [-0.05, 0) is 36.6 Å². The quantitative estimate of drug-likeness (QED) is 0.800. The normalized spacial score (nSPS) is 17.2. The van der Waals surface area contributed by atoms with Crippen LogP contribution in [0.5, 0.6) is 11.5 Å². The number of nitrogens with zero attached hydrogens (tertiary/aromatic N) is 3. The predicted octanol–water partition coefficient (Wildman–Crippen LogP) is 3.48. The summed E-state index contributed by atoms with van der Waals surface area (Å²) in [7, 11) is 0. The molecule has 2 aromatic rings. The highest BCUT2D eigenvalue weighted by atomic mass is 32.2. The number of anilines is 1. The number of ether oxygens (including phenoxy) is 2. The van der Waals surface area contributed by atoms with Crippen molar-refractivity contribution < 1.29 is 9.47 Å². The lowest BCUT2D eigenvalue weighted by molar-refractivity contribution is 0.174. The van der Waals surface area contributed by atoms with Crippen molar-refractivity contribution in [2.24, 2.45) is 0 Å². The van der Waals surface area contributed by atoms with Gasteiger partial charge < -0.3 is 9.47 Å². The Morgan fingerprint density at radius 3 is 2.96 bits per heavy atom. The lowest BCUT2D eigenvalue weighted by atomic mass is 10.2. The molecule has 0 radical (unpaired) electrons. The summed E-state index contributed by atoms with van der Waals surface area (Å²) in [5.74, 6) is 2.80. The standard InChI is InChI=1S/C17H19N3O2S/c1-2-9-23-20(8-1)19(12-14-4-3-7-18-11-14)15-5-6-16-17(10-15)22-13-21-16/h3-7,10-11H,1-2,8-9,12-13H2. The minimum atomic E-state index is 0.305. The molecule has 5 nitrogen and oxygen atoms in total. The van der Waals surface area contributed by atoms with Crippen LogP contribution in [0.4, 0.5) is 5.69 Å². The topological polar surface area (TPSA) is 37.8 Å². The van der Waals surface area contributed by atoms with E-state index < -0.39 is 0 Å². The molecule has 2 aliphatic heterocycles.